The second-order valence-electron chi connectivity index (χ2n) is 4.87. The lowest BCUT2D eigenvalue weighted by atomic mass is 9.97. The molecule has 0 N–H and O–H groups in total. The summed E-state index contributed by atoms with van der Waals surface area (Å²) in [6.07, 6.45) is 0.997. The number of hydrogen-bond acceptors (Lipinski definition) is 3. The number of aryl methyl sites for hydroxylation is 2. The molecule has 1 aliphatic rings. The van der Waals surface area contributed by atoms with Crippen molar-refractivity contribution in [2.75, 3.05) is 14.1 Å². The third-order valence-corrected chi connectivity index (χ3v) is 3.90. The van der Waals surface area contributed by atoms with Gasteiger partial charge in [0.15, 0.2) is 0 Å². The fourth-order valence-electron chi connectivity index (χ4n) is 2.27. The van der Waals surface area contributed by atoms with E-state index < -0.39 is 5.01 Å². The van der Waals surface area contributed by atoms with Gasteiger partial charge in [-0.25, -0.2) is 0 Å². The zero-order valence-corrected chi connectivity index (χ0v) is 13.2. The van der Waals surface area contributed by atoms with Crippen LogP contribution in [0.15, 0.2) is 24.1 Å². The molecule has 0 aliphatic carbocycles. The van der Waals surface area contributed by atoms with Crippen LogP contribution in [0.25, 0.3) is 5.57 Å². The van der Waals surface area contributed by atoms with E-state index in [-0.39, 0.29) is 5.78 Å². The van der Waals surface area contributed by atoms with E-state index in [4.69, 9.17) is 4.74 Å². The Morgan fingerprint density at radius 1 is 1.37 bits per heavy atom. The minimum Gasteiger partial charge on any atom is -0.455 e. The van der Waals surface area contributed by atoms with E-state index in [0.717, 1.165) is 12.0 Å². The normalized spacial score (nSPS) is 18.8. The molecule has 0 spiro atoms. The van der Waals surface area contributed by atoms with Crippen molar-refractivity contribution < 1.29 is 9.53 Å². The highest BCUT2D eigenvalue weighted by molar-refractivity contribution is 9.09. The molecule has 1 heterocycles. The van der Waals surface area contributed by atoms with Gasteiger partial charge in [-0.05, 0) is 46.0 Å². The maximum Gasteiger partial charge on any atom is 0.220 e. The van der Waals surface area contributed by atoms with E-state index in [0.29, 0.717) is 11.5 Å². The van der Waals surface area contributed by atoms with Gasteiger partial charge >= 0.3 is 0 Å². The van der Waals surface area contributed by atoms with Gasteiger partial charge < -0.3 is 9.64 Å². The number of ether oxygens (including phenoxy) is 1. The molecule has 1 aliphatic heterocycles. The van der Waals surface area contributed by atoms with Crippen molar-refractivity contribution in [3.05, 3.63) is 40.8 Å². The number of hydrogen-bond donors (Lipinski definition) is 0. The van der Waals surface area contributed by atoms with Crippen LogP contribution in [0.4, 0.5) is 0 Å². The molecular formula is C15H18BrNO2. The van der Waals surface area contributed by atoms with Crippen LogP contribution in [0.5, 0.6) is 0 Å². The predicted molar refractivity (Wildman–Crippen MR) is 80.0 cm³/mol. The molecule has 3 nitrogen and oxygen atoms in total. The number of ketones is 1. The number of carbonyl (C=O) groups excluding carboxylic acids is 1. The van der Waals surface area contributed by atoms with Gasteiger partial charge in [0.1, 0.15) is 0 Å². The Balaban J connectivity index is 2.52. The van der Waals surface area contributed by atoms with Crippen molar-refractivity contribution >= 4 is 27.3 Å². The van der Waals surface area contributed by atoms with Crippen LogP contribution in [0.2, 0.25) is 0 Å². The molecule has 0 radical (unpaired) electrons. The highest BCUT2D eigenvalue weighted by Crippen LogP contribution is 2.34. The molecule has 1 aromatic rings. The average molecular weight is 324 g/mol. The van der Waals surface area contributed by atoms with Crippen LogP contribution in [-0.2, 0) is 16.0 Å². The van der Waals surface area contributed by atoms with Gasteiger partial charge in [0.2, 0.25) is 16.7 Å². The summed E-state index contributed by atoms with van der Waals surface area (Å²) in [5, 5.41) is -0.578. The maximum absolute atomic E-state index is 12.2. The lowest BCUT2D eigenvalue weighted by molar-refractivity contribution is -0.116. The number of halogens is 1. The van der Waals surface area contributed by atoms with Crippen molar-refractivity contribution in [2.24, 2.45) is 0 Å². The van der Waals surface area contributed by atoms with Gasteiger partial charge in [-0.15, -0.1) is 0 Å². The third-order valence-electron chi connectivity index (χ3n) is 3.30. The fraction of sp³-hybridized carbons (Fsp3) is 0.400. The van der Waals surface area contributed by atoms with Crippen molar-refractivity contribution in [1.29, 1.82) is 0 Å². The van der Waals surface area contributed by atoms with Crippen LogP contribution in [-0.4, -0.2) is 29.8 Å². The lowest BCUT2D eigenvalue weighted by Gasteiger charge is -2.15. The molecule has 2 rings (SSSR count). The first kappa shape index (κ1) is 14.1. The van der Waals surface area contributed by atoms with Gasteiger partial charge in [-0.2, -0.15) is 0 Å². The van der Waals surface area contributed by atoms with Crippen LogP contribution >= 0.6 is 15.9 Å². The van der Waals surface area contributed by atoms with Crippen molar-refractivity contribution in [3.63, 3.8) is 0 Å². The first-order valence-corrected chi connectivity index (χ1v) is 7.23. The zero-order chi connectivity index (χ0) is 14.2. The quantitative estimate of drug-likeness (QED) is 0.800. The summed E-state index contributed by atoms with van der Waals surface area (Å²) < 4.78 is 5.57. The molecule has 0 saturated carbocycles. The number of alkyl halides is 1. The van der Waals surface area contributed by atoms with Gasteiger partial charge in [0, 0.05) is 14.1 Å². The van der Waals surface area contributed by atoms with Crippen LogP contribution in [0.3, 0.4) is 0 Å². The topological polar surface area (TPSA) is 29.5 Å². The molecule has 1 aromatic carbocycles. The molecule has 0 saturated heterocycles. The van der Waals surface area contributed by atoms with Crippen LogP contribution < -0.4 is 0 Å². The van der Waals surface area contributed by atoms with Gasteiger partial charge in [-0.1, -0.05) is 25.1 Å². The highest BCUT2D eigenvalue weighted by atomic mass is 79.9. The Morgan fingerprint density at radius 3 is 2.58 bits per heavy atom. The minimum atomic E-state index is -0.578. The van der Waals surface area contributed by atoms with Gasteiger partial charge in [-0.3, -0.25) is 4.79 Å². The van der Waals surface area contributed by atoms with E-state index in [2.05, 4.69) is 41.9 Å². The van der Waals surface area contributed by atoms with Crippen molar-refractivity contribution in [1.82, 2.24) is 4.90 Å². The van der Waals surface area contributed by atoms with E-state index in [9.17, 15) is 4.79 Å². The summed E-state index contributed by atoms with van der Waals surface area (Å²) in [4.78, 5) is 14.1. The average Bonchev–Trinajstić information content (AvgIpc) is 2.66. The summed E-state index contributed by atoms with van der Waals surface area (Å²) in [5.41, 5.74) is 4.08. The zero-order valence-electron chi connectivity index (χ0n) is 11.7. The Bertz CT molecular complexity index is 549. The molecule has 102 valence electrons. The molecular weight excluding hydrogens is 306 g/mol. The van der Waals surface area contributed by atoms with E-state index in [1.54, 1.807) is 0 Å². The molecule has 1 atom stereocenters. The highest BCUT2D eigenvalue weighted by Gasteiger charge is 2.35. The second-order valence-corrected chi connectivity index (χ2v) is 5.70. The summed E-state index contributed by atoms with van der Waals surface area (Å²) in [6.45, 7) is 4.20. The minimum absolute atomic E-state index is 0.0210. The molecule has 0 amide bonds. The largest absolute Gasteiger partial charge is 0.455 e. The molecule has 4 heteroatoms. The molecule has 0 fully saturated rings. The summed E-state index contributed by atoms with van der Waals surface area (Å²) in [5.74, 6) is 0.600. The summed E-state index contributed by atoms with van der Waals surface area (Å²) in [7, 11) is 3.75. The third kappa shape index (κ3) is 2.54. The number of Topliss-reactive ketones (excluding diaryl/α,β-unsaturated/α-hetero) is 1. The molecule has 0 aromatic heterocycles. The predicted octanol–water partition coefficient (Wildman–Crippen LogP) is 3.11. The monoisotopic (exact) mass is 323 g/mol. The number of nitrogens with zero attached hydrogens (tertiary/aromatic N) is 1. The Morgan fingerprint density at radius 2 is 2.05 bits per heavy atom. The fourth-order valence-corrected chi connectivity index (χ4v) is 2.68. The molecule has 1 unspecified atom stereocenters. The van der Waals surface area contributed by atoms with Gasteiger partial charge in [0.25, 0.3) is 0 Å². The number of benzene rings is 1. The summed E-state index contributed by atoms with van der Waals surface area (Å²) >= 11 is 3.26. The number of rotatable bonds is 3. The lowest BCUT2D eigenvalue weighted by Crippen LogP contribution is -2.13. The van der Waals surface area contributed by atoms with E-state index in [1.807, 2.05) is 25.1 Å². The van der Waals surface area contributed by atoms with Gasteiger partial charge in [0.05, 0.1) is 5.57 Å². The van der Waals surface area contributed by atoms with Crippen LogP contribution in [0, 0.1) is 6.92 Å². The Kier molecular flexibility index (Phi) is 3.99. The standard InChI is InChI=1S/C15H18BrNO2/c1-5-10-6-7-11(8-9(10)2)12-13(18)14(16)19-15(12)17(3)4/h6-8,14H,5H2,1-4H3. The van der Waals surface area contributed by atoms with Crippen LogP contribution in [0.1, 0.15) is 23.6 Å². The maximum atomic E-state index is 12.2. The number of carbonyl (C=O) groups is 1. The van der Waals surface area contributed by atoms with E-state index >= 15 is 0 Å². The first-order valence-electron chi connectivity index (χ1n) is 6.32. The van der Waals surface area contributed by atoms with Crippen molar-refractivity contribution in [3.8, 4) is 0 Å². The molecule has 19 heavy (non-hydrogen) atoms. The first-order chi connectivity index (χ1) is 8.95. The summed E-state index contributed by atoms with van der Waals surface area (Å²) in [6, 6.07) is 6.14. The Hall–Kier alpha value is -1.29. The Labute approximate surface area is 122 Å². The second kappa shape index (κ2) is 5.37. The van der Waals surface area contributed by atoms with E-state index in [1.165, 1.54) is 11.1 Å². The smallest absolute Gasteiger partial charge is 0.220 e. The van der Waals surface area contributed by atoms with Crippen molar-refractivity contribution in [2.45, 2.75) is 25.3 Å². The SMILES string of the molecule is CCc1ccc(C2=C(N(C)C)OC(Br)C2=O)cc1C. The molecule has 0 bridgehead atoms.